The Morgan fingerprint density at radius 3 is 1.70 bits per heavy atom. The second kappa shape index (κ2) is 20.0. The molecule has 4 aliphatic heterocycles. The third-order valence-electron chi connectivity index (χ3n) is 13.9. The van der Waals surface area contributed by atoms with Crippen LogP contribution in [0.3, 0.4) is 0 Å². The molecule has 0 radical (unpaired) electrons. The summed E-state index contributed by atoms with van der Waals surface area (Å²) in [6.45, 7) is 8.28. The van der Waals surface area contributed by atoms with Gasteiger partial charge >= 0.3 is 6.03 Å². The highest BCUT2D eigenvalue weighted by molar-refractivity contribution is 5.86. The van der Waals surface area contributed by atoms with Gasteiger partial charge in [0.2, 0.25) is 0 Å². The summed E-state index contributed by atoms with van der Waals surface area (Å²) in [4.78, 5) is 14.6. The van der Waals surface area contributed by atoms with Crippen LogP contribution in [0.25, 0.3) is 44.1 Å². The van der Waals surface area contributed by atoms with Crippen molar-refractivity contribution in [2.45, 2.75) is 96.3 Å². The highest BCUT2D eigenvalue weighted by atomic mass is 16.5. The summed E-state index contributed by atoms with van der Waals surface area (Å²) in [5, 5.41) is 18.2. The molecule has 2 amide bonds. The van der Waals surface area contributed by atoms with Crippen LogP contribution in [0.1, 0.15) is 82.2 Å². The number of amides is 2. The molecular formula is C52H63N9O3. The van der Waals surface area contributed by atoms with E-state index in [0.717, 1.165) is 114 Å². The number of rotatable bonds is 10. The fourth-order valence-corrected chi connectivity index (χ4v) is 10.1. The quantitative estimate of drug-likeness (QED) is 0.142. The van der Waals surface area contributed by atoms with Crippen LogP contribution in [0.5, 0.6) is 0 Å². The molecule has 0 bridgehead atoms. The molecular weight excluding hydrogens is 799 g/mol. The van der Waals surface area contributed by atoms with Gasteiger partial charge in [-0.15, -0.1) is 0 Å². The summed E-state index contributed by atoms with van der Waals surface area (Å²) in [7, 11) is 0. The molecule has 64 heavy (non-hydrogen) atoms. The first-order valence-electron chi connectivity index (χ1n) is 23.9. The van der Waals surface area contributed by atoms with E-state index in [-0.39, 0.29) is 18.5 Å². The summed E-state index contributed by atoms with van der Waals surface area (Å²) < 4.78 is 20.5. The topological polar surface area (TPSA) is 108 Å². The van der Waals surface area contributed by atoms with Gasteiger partial charge in [0.05, 0.1) is 12.4 Å². The lowest BCUT2D eigenvalue weighted by atomic mass is 9.97. The van der Waals surface area contributed by atoms with Crippen LogP contribution in [0.4, 0.5) is 4.79 Å². The Kier molecular flexibility index (Phi) is 13.2. The van der Waals surface area contributed by atoms with Gasteiger partial charge < -0.3 is 34.1 Å². The standard InChI is InChI=1S/C30H35N5O2.C22H28N4O/c36-30(31-19-23-6-2-1-3-7-23)33-14-11-24(12-15-33)21-34-16-13-26-18-25(9-10-28(26)34)27-20-32-35(22-27)29-8-4-5-17-37-29;1-2-12-27-22(3-1)26-16-20(14-24-26)18-4-5-21-19(13-18)8-11-25(21)15-17-6-9-23-10-7-17/h1-3,6-7,9-10,13,16,18,20,22,24,29H,4-5,8,11-12,14-15,17,19,21H2,(H,31,36);4-5,8,11,13-14,16-17,22-23H,1-3,6-7,9-10,12,15H2. The fourth-order valence-electron chi connectivity index (χ4n) is 10.1. The van der Waals surface area contributed by atoms with E-state index in [4.69, 9.17) is 9.47 Å². The predicted molar refractivity (Wildman–Crippen MR) is 253 cm³/mol. The Bertz CT molecular complexity index is 2580. The third-order valence-corrected chi connectivity index (χ3v) is 13.9. The summed E-state index contributed by atoms with van der Waals surface area (Å²) in [5.74, 6) is 1.36. The maximum atomic E-state index is 12.6. The number of fused-ring (bicyclic) bond motifs is 2. The average Bonchev–Trinajstić information content (AvgIpc) is 4.20. The van der Waals surface area contributed by atoms with Crippen molar-refractivity contribution < 1.29 is 14.3 Å². The first-order chi connectivity index (χ1) is 31.6. The van der Waals surface area contributed by atoms with Gasteiger partial charge in [-0.25, -0.2) is 14.2 Å². The van der Waals surface area contributed by atoms with Crippen LogP contribution >= 0.6 is 0 Å². The van der Waals surface area contributed by atoms with E-state index < -0.39 is 0 Å². The van der Waals surface area contributed by atoms with Gasteiger partial charge in [-0.05, 0) is 142 Å². The Hall–Kier alpha value is -5.69. The minimum atomic E-state index is 0.0413. The largest absolute Gasteiger partial charge is 0.357 e. The Morgan fingerprint density at radius 2 is 1.17 bits per heavy atom. The number of ether oxygens (including phenoxy) is 2. The molecule has 4 aliphatic rings. The first-order valence-corrected chi connectivity index (χ1v) is 23.9. The normalized spacial score (nSPS) is 20.0. The second-order valence-corrected chi connectivity index (χ2v) is 18.3. The molecule has 2 unspecified atom stereocenters. The first kappa shape index (κ1) is 42.3. The number of benzene rings is 3. The zero-order chi connectivity index (χ0) is 43.1. The number of nitrogens with one attached hydrogen (secondary N) is 2. The molecule has 0 aliphatic carbocycles. The van der Waals surface area contributed by atoms with Crippen molar-refractivity contribution in [2.75, 3.05) is 39.4 Å². The van der Waals surface area contributed by atoms with Gasteiger partial charge in [0.15, 0.2) is 0 Å². The van der Waals surface area contributed by atoms with Gasteiger partial charge in [-0.1, -0.05) is 42.5 Å². The summed E-state index contributed by atoms with van der Waals surface area (Å²) in [6.07, 6.45) is 24.2. The highest BCUT2D eigenvalue weighted by Gasteiger charge is 2.24. The molecule has 0 saturated carbocycles. The lowest BCUT2D eigenvalue weighted by molar-refractivity contribution is -0.0395. The number of hydrogen-bond donors (Lipinski definition) is 2. The number of urea groups is 1. The lowest BCUT2D eigenvalue weighted by Crippen LogP contribution is -2.44. The van der Waals surface area contributed by atoms with E-state index >= 15 is 0 Å². The maximum Gasteiger partial charge on any atom is 0.317 e. The number of carbonyl (C=O) groups is 1. The third kappa shape index (κ3) is 9.99. The van der Waals surface area contributed by atoms with Crippen molar-refractivity contribution >= 4 is 27.8 Å². The molecule has 0 spiro atoms. The molecule has 4 aromatic heterocycles. The molecule has 3 aromatic carbocycles. The smallest absolute Gasteiger partial charge is 0.317 e. The molecule has 4 fully saturated rings. The van der Waals surface area contributed by atoms with Gasteiger partial charge in [0.25, 0.3) is 0 Å². The van der Waals surface area contributed by atoms with Gasteiger partial charge in [0.1, 0.15) is 12.5 Å². The molecule has 2 N–H and O–H groups in total. The van der Waals surface area contributed by atoms with Crippen LogP contribution in [0.15, 0.2) is 116 Å². The molecule has 8 heterocycles. The van der Waals surface area contributed by atoms with Crippen LogP contribution in [0.2, 0.25) is 0 Å². The number of piperidine rings is 2. The minimum absolute atomic E-state index is 0.0413. The Morgan fingerprint density at radius 1 is 0.625 bits per heavy atom. The van der Waals surface area contributed by atoms with Gasteiger partial charge in [-0.3, -0.25) is 0 Å². The Balaban J connectivity index is 0.000000159. The monoisotopic (exact) mass is 862 g/mol. The van der Waals surface area contributed by atoms with Gasteiger partial charge in [-0.2, -0.15) is 10.2 Å². The average molecular weight is 862 g/mol. The lowest BCUT2D eigenvalue weighted by Gasteiger charge is -2.32. The number of nitrogens with zero attached hydrogens (tertiary/aromatic N) is 7. The van der Waals surface area contributed by atoms with Crippen LogP contribution in [0, 0.1) is 11.8 Å². The molecule has 7 aromatic rings. The van der Waals surface area contributed by atoms with Gasteiger partial charge in [0, 0.05) is 104 Å². The van der Waals surface area contributed by atoms with Crippen molar-refractivity contribution in [1.29, 1.82) is 0 Å². The number of carbonyl (C=O) groups excluding carboxylic acids is 1. The Labute approximate surface area is 376 Å². The van der Waals surface area contributed by atoms with E-state index in [1.807, 2.05) is 57.0 Å². The van der Waals surface area contributed by atoms with Crippen molar-refractivity contribution in [3.63, 3.8) is 0 Å². The van der Waals surface area contributed by atoms with Crippen LogP contribution in [-0.2, 0) is 29.1 Å². The van der Waals surface area contributed by atoms with E-state index in [9.17, 15) is 4.79 Å². The second-order valence-electron chi connectivity index (χ2n) is 18.3. The predicted octanol–water partition coefficient (Wildman–Crippen LogP) is 10.0. The molecule has 12 nitrogen and oxygen atoms in total. The molecule has 12 heteroatoms. The molecule has 4 saturated heterocycles. The van der Waals surface area contributed by atoms with Crippen molar-refractivity contribution in [1.82, 2.24) is 44.2 Å². The zero-order valence-electron chi connectivity index (χ0n) is 37.1. The van der Waals surface area contributed by atoms with E-state index in [1.54, 1.807) is 0 Å². The fraction of sp³-hybridized carbons (Fsp3) is 0.442. The van der Waals surface area contributed by atoms with E-state index in [2.05, 4.69) is 103 Å². The molecule has 11 rings (SSSR count). The summed E-state index contributed by atoms with van der Waals surface area (Å²) >= 11 is 0. The van der Waals surface area contributed by atoms with Crippen LogP contribution < -0.4 is 10.6 Å². The van der Waals surface area contributed by atoms with E-state index in [1.165, 1.54) is 58.6 Å². The minimum Gasteiger partial charge on any atom is -0.357 e. The molecule has 334 valence electrons. The summed E-state index contributed by atoms with van der Waals surface area (Å²) in [5.41, 5.74) is 8.42. The number of likely N-dealkylation sites (tertiary alicyclic amines) is 1. The van der Waals surface area contributed by atoms with Crippen molar-refractivity contribution in [3.8, 4) is 22.3 Å². The van der Waals surface area contributed by atoms with Crippen molar-refractivity contribution in [3.05, 3.63) is 122 Å². The molecule has 2 atom stereocenters. The zero-order valence-corrected chi connectivity index (χ0v) is 37.1. The number of aromatic nitrogens is 6. The number of hydrogen-bond acceptors (Lipinski definition) is 6. The van der Waals surface area contributed by atoms with Crippen molar-refractivity contribution in [2.24, 2.45) is 11.8 Å². The highest BCUT2D eigenvalue weighted by Crippen LogP contribution is 2.31. The van der Waals surface area contributed by atoms with E-state index in [0.29, 0.717) is 12.5 Å². The SMILES string of the molecule is O=C(NCc1ccccc1)N1CCC(Cn2ccc3cc(-c4cnn(C5CCCCO5)c4)ccc32)CC1.c1cc2c(ccn2CC2CCNCC2)cc1-c1cnn(C2CCCCO2)c1. The summed E-state index contributed by atoms with van der Waals surface area (Å²) in [6, 6.07) is 28.0. The maximum absolute atomic E-state index is 12.6. The van der Waals surface area contributed by atoms with Crippen LogP contribution in [-0.4, -0.2) is 79.0 Å².